The Kier molecular flexibility index (Phi) is 6.61. The van der Waals surface area contributed by atoms with Crippen molar-refractivity contribution in [2.24, 2.45) is 0 Å². The third-order valence-corrected chi connectivity index (χ3v) is 4.95. The van der Waals surface area contributed by atoms with E-state index in [4.69, 9.17) is 9.47 Å². The second-order valence-electron chi connectivity index (χ2n) is 6.69. The number of carbonyl (C=O) groups excluding carboxylic acids is 1. The van der Waals surface area contributed by atoms with Crippen LogP contribution in [0.4, 0.5) is 0 Å². The summed E-state index contributed by atoms with van der Waals surface area (Å²) in [6.07, 6.45) is 3.15. The van der Waals surface area contributed by atoms with E-state index in [-0.39, 0.29) is 11.9 Å². The molecule has 0 N–H and O–H groups in total. The summed E-state index contributed by atoms with van der Waals surface area (Å²) in [7, 11) is 3.42. The SMILES string of the molecule is CCOCc1cc(C(=O)N(C)C(C)c2ccc(-n3cncn3)cc2)ccc1OC. The number of nitrogens with zero attached hydrogens (tertiary/aromatic N) is 4. The topological polar surface area (TPSA) is 69.5 Å². The summed E-state index contributed by atoms with van der Waals surface area (Å²) in [4.78, 5) is 18.8. The number of amides is 1. The monoisotopic (exact) mass is 394 g/mol. The molecule has 3 aromatic rings. The molecule has 1 heterocycles. The lowest BCUT2D eigenvalue weighted by Crippen LogP contribution is -2.29. The summed E-state index contributed by atoms with van der Waals surface area (Å²) >= 11 is 0. The highest BCUT2D eigenvalue weighted by Crippen LogP contribution is 2.25. The fourth-order valence-electron chi connectivity index (χ4n) is 3.09. The first-order valence-electron chi connectivity index (χ1n) is 9.52. The molecule has 3 rings (SSSR count). The van der Waals surface area contributed by atoms with Crippen LogP contribution in [0.15, 0.2) is 55.1 Å². The van der Waals surface area contributed by atoms with Gasteiger partial charge in [0, 0.05) is 24.8 Å². The number of aromatic nitrogens is 3. The minimum absolute atomic E-state index is 0.0572. The second kappa shape index (κ2) is 9.34. The van der Waals surface area contributed by atoms with Gasteiger partial charge in [0.25, 0.3) is 5.91 Å². The van der Waals surface area contributed by atoms with Crippen LogP contribution in [0.1, 0.15) is 41.4 Å². The van der Waals surface area contributed by atoms with Crippen LogP contribution in [0.25, 0.3) is 5.69 Å². The molecule has 0 aliphatic carbocycles. The quantitative estimate of drug-likeness (QED) is 0.583. The first-order valence-corrected chi connectivity index (χ1v) is 9.52. The standard InChI is InChI=1S/C22H26N4O3/c1-5-29-13-19-12-18(8-11-21(19)28-4)22(27)25(3)16(2)17-6-9-20(10-7-17)26-15-23-14-24-26/h6-12,14-16H,5,13H2,1-4H3. The molecule has 0 fully saturated rings. The molecule has 0 aliphatic rings. The highest BCUT2D eigenvalue weighted by atomic mass is 16.5. The molecule has 1 aromatic heterocycles. The van der Waals surface area contributed by atoms with Crippen molar-refractivity contribution in [1.29, 1.82) is 0 Å². The maximum Gasteiger partial charge on any atom is 0.254 e. The molecular weight excluding hydrogens is 368 g/mol. The molecule has 1 amide bonds. The molecule has 0 bridgehead atoms. The molecule has 1 unspecified atom stereocenters. The summed E-state index contributed by atoms with van der Waals surface area (Å²) < 4.78 is 12.6. The highest BCUT2D eigenvalue weighted by Gasteiger charge is 2.20. The smallest absolute Gasteiger partial charge is 0.254 e. The normalized spacial score (nSPS) is 11.9. The molecule has 0 radical (unpaired) electrons. The minimum atomic E-state index is -0.0928. The molecule has 0 aliphatic heterocycles. The largest absolute Gasteiger partial charge is 0.496 e. The molecular formula is C22H26N4O3. The Morgan fingerprint density at radius 1 is 1.21 bits per heavy atom. The number of hydrogen-bond acceptors (Lipinski definition) is 5. The van der Waals surface area contributed by atoms with Gasteiger partial charge >= 0.3 is 0 Å². The Morgan fingerprint density at radius 2 is 1.97 bits per heavy atom. The van der Waals surface area contributed by atoms with Crippen LogP contribution < -0.4 is 4.74 Å². The van der Waals surface area contributed by atoms with E-state index in [1.807, 2.05) is 57.3 Å². The van der Waals surface area contributed by atoms with Crippen LogP contribution in [0, 0.1) is 0 Å². The highest BCUT2D eigenvalue weighted by molar-refractivity contribution is 5.94. The summed E-state index contributed by atoms with van der Waals surface area (Å²) in [5.74, 6) is 0.660. The molecule has 152 valence electrons. The van der Waals surface area contributed by atoms with Crippen molar-refractivity contribution in [3.8, 4) is 11.4 Å². The third-order valence-electron chi connectivity index (χ3n) is 4.95. The average Bonchev–Trinajstić information content (AvgIpc) is 3.31. The summed E-state index contributed by atoms with van der Waals surface area (Å²) in [6.45, 7) is 4.95. The van der Waals surface area contributed by atoms with E-state index in [0.29, 0.717) is 18.8 Å². The van der Waals surface area contributed by atoms with Crippen molar-refractivity contribution in [3.63, 3.8) is 0 Å². The Labute approximate surface area is 170 Å². The molecule has 0 saturated carbocycles. The summed E-state index contributed by atoms with van der Waals surface area (Å²) in [6, 6.07) is 13.3. The lowest BCUT2D eigenvalue weighted by molar-refractivity contribution is 0.0742. The predicted molar refractivity (Wildman–Crippen MR) is 110 cm³/mol. The zero-order valence-corrected chi connectivity index (χ0v) is 17.2. The summed E-state index contributed by atoms with van der Waals surface area (Å²) in [5.41, 5.74) is 3.42. The lowest BCUT2D eigenvalue weighted by Gasteiger charge is -2.26. The van der Waals surface area contributed by atoms with Gasteiger partial charge in [-0.3, -0.25) is 4.79 Å². The Morgan fingerprint density at radius 3 is 2.59 bits per heavy atom. The van der Waals surface area contributed by atoms with Gasteiger partial charge in [0.1, 0.15) is 18.4 Å². The van der Waals surface area contributed by atoms with Gasteiger partial charge in [0.05, 0.1) is 25.4 Å². The van der Waals surface area contributed by atoms with Gasteiger partial charge in [-0.15, -0.1) is 0 Å². The molecule has 2 aromatic carbocycles. The van der Waals surface area contributed by atoms with Crippen LogP contribution in [0.2, 0.25) is 0 Å². The Balaban J connectivity index is 1.76. The number of rotatable bonds is 8. The molecule has 0 spiro atoms. The number of benzene rings is 2. The van der Waals surface area contributed by atoms with E-state index in [2.05, 4.69) is 10.1 Å². The van der Waals surface area contributed by atoms with Gasteiger partial charge in [-0.05, 0) is 49.7 Å². The number of carbonyl (C=O) groups is 1. The Bertz CT molecular complexity index is 939. The number of methoxy groups -OCH3 is 1. The van der Waals surface area contributed by atoms with E-state index in [1.165, 1.54) is 6.33 Å². The average molecular weight is 394 g/mol. The van der Waals surface area contributed by atoms with Crippen molar-refractivity contribution in [2.45, 2.75) is 26.5 Å². The van der Waals surface area contributed by atoms with Gasteiger partial charge < -0.3 is 14.4 Å². The molecule has 0 saturated heterocycles. The third kappa shape index (κ3) is 4.63. The zero-order valence-electron chi connectivity index (χ0n) is 17.2. The van der Waals surface area contributed by atoms with Crippen molar-refractivity contribution >= 4 is 5.91 Å². The first-order chi connectivity index (χ1) is 14.0. The van der Waals surface area contributed by atoms with Crippen molar-refractivity contribution in [1.82, 2.24) is 19.7 Å². The van der Waals surface area contributed by atoms with Gasteiger partial charge in [-0.2, -0.15) is 5.10 Å². The van der Waals surface area contributed by atoms with Gasteiger partial charge in [0.15, 0.2) is 0 Å². The van der Waals surface area contributed by atoms with Crippen molar-refractivity contribution in [2.75, 3.05) is 20.8 Å². The number of hydrogen-bond donors (Lipinski definition) is 0. The predicted octanol–water partition coefficient (Wildman–Crippen LogP) is 3.65. The van der Waals surface area contributed by atoms with E-state index < -0.39 is 0 Å². The van der Waals surface area contributed by atoms with Gasteiger partial charge in [-0.1, -0.05) is 12.1 Å². The molecule has 29 heavy (non-hydrogen) atoms. The van der Waals surface area contributed by atoms with Gasteiger partial charge in [0.2, 0.25) is 0 Å². The maximum absolute atomic E-state index is 13.1. The molecule has 7 heteroatoms. The van der Waals surface area contributed by atoms with E-state index in [9.17, 15) is 4.79 Å². The fraction of sp³-hybridized carbons (Fsp3) is 0.318. The van der Waals surface area contributed by atoms with Gasteiger partial charge in [-0.25, -0.2) is 9.67 Å². The van der Waals surface area contributed by atoms with Crippen LogP contribution in [0.3, 0.4) is 0 Å². The summed E-state index contributed by atoms with van der Waals surface area (Å²) in [5, 5.41) is 4.13. The van der Waals surface area contributed by atoms with Crippen LogP contribution in [-0.2, 0) is 11.3 Å². The molecule has 1 atom stereocenters. The minimum Gasteiger partial charge on any atom is -0.496 e. The van der Waals surface area contributed by atoms with E-state index >= 15 is 0 Å². The molecule has 7 nitrogen and oxygen atoms in total. The first kappa shape index (κ1) is 20.5. The van der Waals surface area contributed by atoms with E-state index in [0.717, 1.165) is 22.6 Å². The van der Waals surface area contributed by atoms with Crippen LogP contribution >= 0.6 is 0 Å². The van der Waals surface area contributed by atoms with Crippen molar-refractivity contribution in [3.05, 3.63) is 71.8 Å². The van der Waals surface area contributed by atoms with E-state index in [1.54, 1.807) is 29.1 Å². The Hall–Kier alpha value is -3.19. The lowest BCUT2D eigenvalue weighted by atomic mass is 10.0. The second-order valence-corrected chi connectivity index (χ2v) is 6.69. The zero-order chi connectivity index (χ0) is 20.8. The number of ether oxygens (including phenoxy) is 2. The van der Waals surface area contributed by atoms with Crippen LogP contribution in [-0.4, -0.2) is 46.3 Å². The van der Waals surface area contributed by atoms with Crippen molar-refractivity contribution < 1.29 is 14.3 Å². The van der Waals surface area contributed by atoms with Crippen LogP contribution in [0.5, 0.6) is 5.75 Å². The maximum atomic E-state index is 13.1. The fourth-order valence-corrected chi connectivity index (χ4v) is 3.09.